The molecule has 2 heteroatoms. The molecule has 0 aliphatic carbocycles. The minimum Gasteiger partial charge on any atom is -0.159 e. The van der Waals surface area contributed by atoms with E-state index in [-0.39, 0.29) is 5.41 Å². The van der Waals surface area contributed by atoms with Crippen LogP contribution in [-0.4, -0.2) is 10.2 Å². The lowest BCUT2D eigenvalue weighted by Gasteiger charge is -2.19. The van der Waals surface area contributed by atoms with Crippen LogP contribution in [0.3, 0.4) is 0 Å². The van der Waals surface area contributed by atoms with Crippen LogP contribution in [0.1, 0.15) is 26.3 Å². The van der Waals surface area contributed by atoms with Gasteiger partial charge in [-0.1, -0.05) is 39.0 Å². The molecule has 0 spiro atoms. The average molecular weight is 186 g/mol. The second kappa shape index (κ2) is 3.05. The van der Waals surface area contributed by atoms with Gasteiger partial charge in [-0.05, 0) is 17.0 Å². The van der Waals surface area contributed by atoms with Crippen LogP contribution in [0, 0.1) is 0 Å². The Bertz CT molecular complexity index is 450. The molecule has 2 nitrogen and oxygen atoms in total. The van der Waals surface area contributed by atoms with Gasteiger partial charge in [0.2, 0.25) is 0 Å². The molecule has 0 radical (unpaired) electrons. The van der Waals surface area contributed by atoms with Crippen molar-refractivity contribution < 1.29 is 0 Å². The minimum absolute atomic E-state index is 0.121. The molecule has 0 N–H and O–H groups in total. The van der Waals surface area contributed by atoms with Crippen molar-refractivity contribution in [1.29, 1.82) is 0 Å². The molecule has 0 atom stereocenters. The first-order valence-electron chi connectivity index (χ1n) is 4.80. The van der Waals surface area contributed by atoms with Gasteiger partial charge in [0.15, 0.2) is 0 Å². The molecule has 2 aromatic rings. The van der Waals surface area contributed by atoms with Gasteiger partial charge in [0.05, 0.1) is 11.7 Å². The van der Waals surface area contributed by atoms with Crippen LogP contribution < -0.4 is 0 Å². The number of nitrogens with zero attached hydrogens (tertiary/aromatic N) is 2. The van der Waals surface area contributed by atoms with Crippen molar-refractivity contribution >= 4 is 10.9 Å². The lowest BCUT2D eigenvalue weighted by atomic mass is 9.85. The van der Waals surface area contributed by atoms with E-state index in [1.807, 2.05) is 6.07 Å². The molecule has 14 heavy (non-hydrogen) atoms. The van der Waals surface area contributed by atoms with Crippen LogP contribution >= 0.6 is 0 Å². The largest absolute Gasteiger partial charge is 0.159 e. The molecule has 1 heterocycles. The van der Waals surface area contributed by atoms with Gasteiger partial charge in [0, 0.05) is 5.39 Å². The fourth-order valence-electron chi connectivity index (χ4n) is 1.62. The van der Waals surface area contributed by atoms with Gasteiger partial charge in [0.1, 0.15) is 0 Å². The van der Waals surface area contributed by atoms with Gasteiger partial charge in [-0.25, -0.2) is 0 Å². The molecule has 72 valence electrons. The summed E-state index contributed by atoms with van der Waals surface area (Å²) in [6, 6.07) is 8.26. The summed E-state index contributed by atoms with van der Waals surface area (Å²) in [5.74, 6) is 0. The van der Waals surface area contributed by atoms with Crippen molar-refractivity contribution in [1.82, 2.24) is 10.2 Å². The standard InChI is InChI=1S/C12H14N2/c1-12(2,3)10-6-4-5-9-7-8-13-14-11(9)10/h4-8H,1-3H3. The molecule has 0 aliphatic heterocycles. The van der Waals surface area contributed by atoms with E-state index in [9.17, 15) is 0 Å². The summed E-state index contributed by atoms with van der Waals surface area (Å²) >= 11 is 0. The van der Waals surface area contributed by atoms with Crippen molar-refractivity contribution in [2.24, 2.45) is 0 Å². The van der Waals surface area contributed by atoms with Gasteiger partial charge in [-0.2, -0.15) is 10.2 Å². The van der Waals surface area contributed by atoms with Crippen LogP contribution in [-0.2, 0) is 5.41 Å². The molecule has 1 aromatic carbocycles. The Hall–Kier alpha value is -1.44. The summed E-state index contributed by atoms with van der Waals surface area (Å²) in [5, 5.41) is 9.29. The Kier molecular flexibility index (Phi) is 1.99. The lowest BCUT2D eigenvalue weighted by molar-refractivity contribution is 0.594. The Balaban J connectivity index is 2.78. The smallest absolute Gasteiger partial charge is 0.0966 e. The van der Waals surface area contributed by atoms with E-state index >= 15 is 0 Å². The van der Waals surface area contributed by atoms with E-state index in [0.717, 1.165) is 10.9 Å². The maximum Gasteiger partial charge on any atom is 0.0966 e. The predicted octanol–water partition coefficient (Wildman–Crippen LogP) is 2.93. The normalized spacial score (nSPS) is 11.9. The van der Waals surface area contributed by atoms with Crippen molar-refractivity contribution in [2.45, 2.75) is 26.2 Å². The molecule has 0 saturated carbocycles. The van der Waals surface area contributed by atoms with E-state index < -0.39 is 0 Å². The highest BCUT2D eigenvalue weighted by Crippen LogP contribution is 2.27. The van der Waals surface area contributed by atoms with Crippen molar-refractivity contribution in [3.63, 3.8) is 0 Å². The summed E-state index contributed by atoms with van der Waals surface area (Å²) in [6.45, 7) is 6.57. The number of hydrogen-bond donors (Lipinski definition) is 0. The first-order chi connectivity index (χ1) is 6.59. The molecule has 0 fully saturated rings. The van der Waals surface area contributed by atoms with Gasteiger partial charge in [-0.15, -0.1) is 0 Å². The molecular weight excluding hydrogens is 172 g/mol. The Labute approximate surface area is 84.0 Å². The number of aromatic nitrogens is 2. The SMILES string of the molecule is CC(C)(C)c1cccc2ccnnc12. The summed E-state index contributed by atoms with van der Waals surface area (Å²) in [5.41, 5.74) is 2.39. The molecular formula is C12H14N2. The monoisotopic (exact) mass is 186 g/mol. The fourth-order valence-corrected chi connectivity index (χ4v) is 1.62. The third kappa shape index (κ3) is 1.48. The number of rotatable bonds is 0. The van der Waals surface area contributed by atoms with Crippen LogP contribution in [0.5, 0.6) is 0 Å². The second-order valence-corrected chi connectivity index (χ2v) is 4.52. The zero-order chi connectivity index (χ0) is 10.2. The molecule has 2 rings (SSSR count). The maximum absolute atomic E-state index is 4.20. The molecule has 0 unspecified atom stereocenters. The van der Waals surface area contributed by atoms with Crippen LogP contribution in [0.2, 0.25) is 0 Å². The first kappa shape index (κ1) is 9.13. The van der Waals surface area contributed by atoms with Crippen molar-refractivity contribution in [3.8, 4) is 0 Å². The predicted molar refractivity (Wildman–Crippen MR) is 58.2 cm³/mol. The molecule has 0 saturated heterocycles. The summed E-state index contributed by atoms with van der Waals surface area (Å²) < 4.78 is 0. The minimum atomic E-state index is 0.121. The zero-order valence-corrected chi connectivity index (χ0v) is 8.78. The van der Waals surface area contributed by atoms with Gasteiger partial charge in [0.25, 0.3) is 0 Å². The first-order valence-corrected chi connectivity index (χ1v) is 4.80. The van der Waals surface area contributed by atoms with Gasteiger partial charge in [-0.3, -0.25) is 0 Å². The van der Waals surface area contributed by atoms with Gasteiger partial charge >= 0.3 is 0 Å². The Morgan fingerprint density at radius 3 is 2.57 bits per heavy atom. The van der Waals surface area contributed by atoms with E-state index in [1.165, 1.54) is 5.56 Å². The highest BCUT2D eigenvalue weighted by atomic mass is 15.1. The summed E-state index contributed by atoms with van der Waals surface area (Å²) in [6.07, 6.45) is 1.73. The topological polar surface area (TPSA) is 25.8 Å². The lowest BCUT2D eigenvalue weighted by Crippen LogP contribution is -2.12. The maximum atomic E-state index is 4.20. The molecule has 0 amide bonds. The highest BCUT2D eigenvalue weighted by molar-refractivity contribution is 5.81. The van der Waals surface area contributed by atoms with E-state index in [2.05, 4.69) is 49.2 Å². The van der Waals surface area contributed by atoms with E-state index in [1.54, 1.807) is 6.20 Å². The highest BCUT2D eigenvalue weighted by Gasteiger charge is 2.17. The van der Waals surface area contributed by atoms with Crippen LogP contribution in [0.15, 0.2) is 30.5 Å². The third-order valence-electron chi connectivity index (χ3n) is 2.35. The quantitative estimate of drug-likeness (QED) is 0.632. The van der Waals surface area contributed by atoms with Crippen molar-refractivity contribution in [2.75, 3.05) is 0 Å². The second-order valence-electron chi connectivity index (χ2n) is 4.52. The van der Waals surface area contributed by atoms with Crippen LogP contribution in [0.25, 0.3) is 10.9 Å². The Morgan fingerprint density at radius 2 is 1.86 bits per heavy atom. The fraction of sp³-hybridized carbons (Fsp3) is 0.333. The zero-order valence-electron chi connectivity index (χ0n) is 8.78. The van der Waals surface area contributed by atoms with Crippen molar-refractivity contribution in [3.05, 3.63) is 36.0 Å². The molecule has 0 aliphatic rings. The average Bonchev–Trinajstić information content (AvgIpc) is 2.15. The van der Waals surface area contributed by atoms with Crippen LogP contribution in [0.4, 0.5) is 0 Å². The van der Waals surface area contributed by atoms with E-state index in [4.69, 9.17) is 0 Å². The number of benzene rings is 1. The van der Waals surface area contributed by atoms with E-state index in [0.29, 0.717) is 0 Å². The summed E-state index contributed by atoms with van der Waals surface area (Å²) in [4.78, 5) is 0. The number of hydrogen-bond acceptors (Lipinski definition) is 2. The molecule has 0 bridgehead atoms. The summed E-state index contributed by atoms with van der Waals surface area (Å²) in [7, 11) is 0. The third-order valence-corrected chi connectivity index (χ3v) is 2.35. The number of fused-ring (bicyclic) bond motifs is 1. The Morgan fingerprint density at radius 1 is 1.07 bits per heavy atom. The van der Waals surface area contributed by atoms with Gasteiger partial charge < -0.3 is 0 Å². The molecule has 1 aromatic heterocycles.